The molecule has 0 aliphatic carbocycles. The maximum Gasteiger partial charge on any atom is 0.147 e. The number of benzene rings is 2. The Labute approximate surface area is 123 Å². The van der Waals surface area contributed by atoms with Crippen LogP contribution in [0.25, 0.3) is 11.0 Å². The van der Waals surface area contributed by atoms with Crippen molar-refractivity contribution in [3.8, 4) is 11.5 Å². The fourth-order valence-corrected chi connectivity index (χ4v) is 2.33. The minimum Gasteiger partial charge on any atom is -0.497 e. The van der Waals surface area contributed by atoms with Crippen LogP contribution in [0.15, 0.2) is 52.9 Å². The summed E-state index contributed by atoms with van der Waals surface area (Å²) < 4.78 is 16.8. The zero-order valence-electron chi connectivity index (χ0n) is 11.8. The molecular weight excluding hydrogens is 266 g/mol. The number of ether oxygens (including phenoxy) is 2. The molecule has 21 heavy (non-hydrogen) atoms. The molecule has 0 amide bonds. The number of hydrogen-bond acceptors (Lipinski definition) is 4. The van der Waals surface area contributed by atoms with E-state index in [1.165, 1.54) is 0 Å². The highest BCUT2D eigenvalue weighted by molar-refractivity contribution is 5.82. The SMILES string of the molecule is COc1cccc(OCc2oc3ccccc3c2CN)c1. The van der Waals surface area contributed by atoms with E-state index >= 15 is 0 Å². The Morgan fingerprint density at radius 1 is 1.05 bits per heavy atom. The fraction of sp³-hybridized carbons (Fsp3) is 0.176. The average molecular weight is 283 g/mol. The van der Waals surface area contributed by atoms with Crippen molar-refractivity contribution in [3.05, 3.63) is 59.9 Å². The van der Waals surface area contributed by atoms with E-state index in [1.807, 2.05) is 48.5 Å². The lowest BCUT2D eigenvalue weighted by molar-refractivity contribution is 0.271. The van der Waals surface area contributed by atoms with Crippen LogP contribution in [0.5, 0.6) is 11.5 Å². The van der Waals surface area contributed by atoms with Crippen LogP contribution < -0.4 is 15.2 Å². The number of furan rings is 1. The second kappa shape index (κ2) is 5.89. The Balaban J connectivity index is 1.84. The van der Waals surface area contributed by atoms with Crippen molar-refractivity contribution in [3.63, 3.8) is 0 Å². The molecule has 0 aliphatic heterocycles. The molecule has 0 saturated carbocycles. The normalized spacial score (nSPS) is 10.8. The molecule has 0 fully saturated rings. The van der Waals surface area contributed by atoms with E-state index in [4.69, 9.17) is 19.6 Å². The lowest BCUT2D eigenvalue weighted by atomic mass is 10.1. The van der Waals surface area contributed by atoms with E-state index < -0.39 is 0 Å². The van der Waals surface area contributed by atoms with Crippen molar-refractivity contribution in [2.75, 3.05) is 7.11 Å². The van der Waals surface area contributed by atoms with Crippen LogP contribution in [0, 0.1) is 0 Å². The highest BCUT2D eigenvalue weighted by atomic mass is 16.5. The smallest absolute Gasteiger partial charge is 0.147 e. The third-order valence-electron chi connectivity index (χ3n) is 3.40. The van der Waals surface area contributed by atoms with Crippen LogP contribution in [0.4, 0.5) is 0 Å². The Bertz CT molecular complexity index is 749. The van der Waals surface area contributed by atoms with Gasteiger partial charge in [-0.15, -0.1) is 0 Å². The second-order valence-electron chi connectivity index (χ2n) is 4.67. The number of nitrogens with two attached hydrogens (primary N) is 1. The minimum absolute atomic E-state index is 0.342. The summed E-state index contributed by atoms with van der Waals surface area (Å²) in [5, 5.41) is 1.05. The number of fused-ring (bicyclic) bond motifs is 1. The van der Waals surface area contributed by atoms with Gasteiger partial charge < -0.3 is 19.6 Å². The van der Waals surface area contributed by atoms with E-state index in [0.29, 0.717) is 13.2 Å². The van der Waals surface area contributed by atoms with Crippen molar-refractivity contribution in [1.82, 2.24) is 0 Å². The van der Waals surface area contributed by atoms with Gasteiger partial charge in [0.25, 0.3) is 0 Å². The summed E-state index contributed by atoms with van der Waals surface area (Å²) in [5.74, 6) is 2.26. The molecule has 0 radical (unpaired) electrons. The van der Waals surface area contributed by atoms with Crippen molar-refractivity contribution >= 4 is 11.0 Å². The predicted octanol–water partition coefficient (Wildman–Crippen LogP) is 3.48. The zero-order chi connectivity index (χ0) is 14.7. The molecule has 1 heterocycles. The van der Waals surface area contributed by atoms with Gasteiger partial charge in [0.15, 0.2) is 0 Å². The Morgan fingerprint density at radius 2 is 1.86 bits per heavy atom. The van der Waals surface area contributed by atoms with Gasteiger partial charge >= 0.3 is 0 Å². The molecule has 0 atom stereocenters. The standard InChI is InChI=1S/C17H17NO3/c1-19-12-5-4-6-13(9-12)20-11-17-15(10-18)14-7-2-3-8-16(14)21-17/h2-9H,10-11,18H2,1H3. The number of methoxy groups -OCH3 is 1. The Morgan fingerprint density at radius 3 is 2.67 bits per heavy atom. The summed E-state index contributed by atoms with van der Waals surface area (Å²) in [6.45, 7) is 0.766. The maximum atomic E-state index is 5.84. The first-order chi connectivity index (χ1) is 10.3. The van der Waals surface area contributed by atoms with Crippen LogP contribution in [-0.4, -0.2) is 7.11 Å². The topological polar surface area (TPSA) is 57.6 Å². The maximum absolute atomic E-state index is 5.84. The quantitative estimate of drug-likeness (QED) is 0.779. The Hall–Kier alpha value is -2.46. The molecule has 3 rings (SSSR count). The molecule has 0 spiro atoms. The van der Waals surface area contributed by atoms with Gasteiger partial charge in [0.05, 0.1) is 7.11 Å². The van der Waals surface area contributed by atoms with Crippen molar-refractivity contribution in [2.45, 2.75) is 13.2 Å². The van der Waals surface area contributed by atoms with Crippen LogP contribution in [0.1, 0.15) is 11.3 Å². The molecule has 0 saturated heterocycles. The summed E-state index contributed by atoms with van der Waals surface area (Å²) in [5.41, 5.74) is 7.67. The summed E-state index contributed by atoms with van der Waals surface area (Å²) in [6.07, 6.45) is 0. The monoisotopic (exact) mass is 283 g/mol. The van der Waals surface area contributed by atoms with Gasteiger partial charge in [0, 0.05) is 23.6 Å². The summed E-state index contributed by atoms with van der Waals surface area (Å²) in [6, 6.07) is 15.3. The molecule has 0 aliphatic rings. The first kappa shape index (κ1) is 13.5. The molecule has 2 aromatic carbocycles. The van der Waals surface area contributed by atoms with Crippen molar-refractivity contribution in [1.29, 1.82) is 0 Å². The van der Waals surface area contributed by atoms with Gasteiger partial charge in [-0.25, -0.2) is 0 Å². The van der Waals surface area contributed by atoms with E-state index in [0.717, 1.165) is 33.8 Å². The lowest BCUT2D eigenvalue weighted by Gasteiger charge is -2.07. The molecule has 3 aromatic rings. The molecule has 4 nitrogen and oxygen atoms in total. The van der Waals surface area contributed by atoms with E-state index in [-0.39, 0.29) is 0 Å². The fourth-order valence-electron chi connectivity index (χ4n) is 2.33. The molecule has 2 N–H and O–H groups in total. The summed E-state index contributed by atoms with van der Waals surface area (Å²) >= 11 is 0. The third-order valence-corrected chi connectivity index (χ3v) is 3.40. The van der Waals surface area contributed by atoms with Crippen molar-refractivity contribution < 1.29 is 13.9 Å². The third kappa shape index (κ3) is 2.71. The molecular formula is C17H17NO3. The molecule has 1 aromatic heterocycles. The first-order valence-electron chi connectivity index (χ1n) is 6.78. The van der Waals surface area contributed by atoms with Crippen LogP contribution >= 0.6 is 0 Å². The largest absolute Gasteiger partial charge is 0.497 e. The van der Waals surface area contributed by atoms with E-state index in [1.54, 1.807) is 7.11 Å². The van der Waals surface area contributed by atoms with Crippen LogP contribution in [-0.2, 0) is 13.2 Å². The van der Waals surface area contributed by atoms with Gasteiger partial charge in [0.1, 0.15) is 29.4 Å². The average Bonchev–Trinajstić information content (AvgIpc) is 2.90. The van der Waals surface area contributed by atoms with Gasteiger partial charge in [-0.3, -0.25) is 0 Å². The lowest BCUT2D eigenvalue weighted by Crippen LogP contribution is -2.02. The van der Waals surface area contributed by atoms with Crippen molar-refractivity contribution in [2.24, 2.45) is 5.73 Å². The number of rotatable bonds is 5. The first-order valence-corrected chi connectivity index (χ1v) is 6.78. The van der Waals surface area contributed by atoms with Gasteiger partial charge in [0.2, 0.25) is 0 Å². The van der Waals surface area contributed by atoms with Crippen LogP contribution in [0.2, 0.25) is 0 Å². The Kier molecular flexibility index (Phi) is 3.79. The van der Waals surface area contributed by atoms with Crippen LogP contribution in [0.3, 0.4) is 0 Å². The van der Waals surface area contributed by atoms with E-state index in [2.05, 4.69) is 0 Å². The van der Waals surface area contributed by atoms with Gasteiger partial charge in [-0.05, 0) is 18.2 Å². The summed E-state index contributed by atoms with van der Waals surface area (Å²) in [4.78, 5) is 0. The molecule has 4 heteroatoms. The van der Waals surface area contributed by atoms with E-state index in [9.17, 15) is 0 Å². The minimum atomic E-state index is 0.342. The molecule has 0 bridgehead atoms. The highest BCUT2D eigenvalue weighted by Gasteiger charge is 2.13. The number of hydrogen-bond donors (Lipinski definition) is 1. The zero-order valence-corrected chi connectivity index (χ0v) is 11.8. The number of para-hydroxylation sites is 1. The molecule has 0 unspecified atom stereocenters. The second-order valence-corrected chi connectivity index (χ2v) is 4.67. The van der Waals surface area contributed by atoms with Gasteiger partial charge in [-0.2, -0.15) is 0 Å². The highest BCUT2D eigenvalue weighted by Crippen LogP contribution is 2.27. The van der Waals surface area contributed by atoms with Gasteiger partial charge in [-0.1, -0.05) is 24.3 Å². The summed E-state index contributed by atoms with van der Waals surface area (Å²) in [7, 11) is 1.63. The molecule has 108 valence electrons. The predicted molar refractivity (Wildman–Crippen MR) is 81.4 cm³/mol.